The van der Waals surface area contributed by atoms with Gasteiger partial charge in [-0.25, -0.2) is 0 Å². The van der Waals surface area contributed by atoms with Crippen LogP contribution in [0.25, 0.3) is 0 Å². The fourth-order valence-electron chi connectivity index (χ4n) is 1.38. The molecular weight excluding hydrogens is 204 g/mol. The molecule has 4 N–H and O–H groups in total. The maximum Gasteiger partial charge on any atom is 0.237 e. The number of nitrogens with one attached hydrogen (secondary N) is 1. The van der Waals surface area contributed by atoms with Crippen molar-refractivity contribution in [2.24, 2.45) is 5.73 Å². The van der Waals surface area contributed by atoms with Gasteiger partial charge in [0.15, 0.2) is 0 Å². The molecule has 0 aliphatic heterocycles. The van der Waals surface area contributed by atoms with Crippen LogP contribution < -0.4 is 11.1 Å². The van der Waals surface area contributed by atoms with Gasteiger partial charge >= 0.3 is 0 Å². The van der Waals surface area contributed by atoms with Crippen LogP contribution >= 0.6 is 0 Å². The van der Waals surface area contributed by atoms with Gasteiger partial charge in [-0.3, -0.25) is 4.79 Å². The Morgan fingerprint density at radius 1 is 1.44 bits per heavy atom. The van der Waals surface area contributed by atoms with Crippen molar-refractivity contribution in [3.63, 3.8) is 0 Å². The lowest BCUT2D eigenvalue weighted by Gasteiger charge is -2.18. The lowest BCUT2D eigenvalue weighted by molar-refractivity contribution is -0.123. The molecule has 4 heteroatoms. The summed E-state index contributed by atoms with van der Waals surface area (Å²) in [5, 5.41) is 11.9. The second-order valence-corrected chi connectivity index (χ2v) is 3.67. The quantitative estimate of drug-likeness (QED) is 0.682. The Morgan fingerprint density at radius 2 is 2.06 bits per heavy atom. The molecule has 0 aromatic heterocycles. The number of aliphatic hydroxyl groups is 1. The fraction of sp³-hybridized carbons (Fsp3) is 0.417. The van der Waals surface area contributed by atoms with E-state index < -0.39 is 6.04 Å². The summed E-state index contributed by atoms with van der Waals surface area (Å²) in [5.74, 6) is -0.231. The predicted molar refractivity (Wildman–Crippen MR) is 62.7 cm³/mol. The number of amides is 1. The van der Waals surface area contributed by atoms with Gasteiger partial charge in [0.05, 0.1) is 18.7 Å². The smallest absolute Gasteiger partial charge is 0.237 e. The molecule has 0 saturated heterocycles. The summed E-state index contributed by atoms with van der Waals surface area (Å²) in [4.78, 5) is 11.6. The van der Waals surface area contributed by atoms with Gasteiger partial charge in [-0.1, -0.05) is 37.3 Å². The molecule has 0 heterocycles. The Morgan fingerprint density at radius 3 is 2.56 bits per heavy atom. The van der Waals surface area contributed by atoms with Gasteiger partial charge in [-0.2, -0.15) is 0 Å². The molecule has 16 heavy (non-hydrogen) atoms. The highest BCUT2D eigenvalue weighted by molar-refractivity contribution is 5.81. The zero-order chi connectivity index (χ0) is 12.0. The third-order valence-electron chi connectivity index (χ3n) is 2.48. The molecule has 1 rings (SSSR count). The van der Waals surface area contributed by atoms with Crippen LogP contribution in [0.3, 0.4) is 0 Å². The number of carbonyl (C=O) groups excluding carboxylic acids is 1. The van der Waals surface area contributed by atoms with E-state index in [1.165, 1.54) is 0 Å². The third kappa shape index (κ3) is 3.32. The Bertz CT molecular complexity index is 327. The molecule has 0 bridgehead atoms. The molecule has 1 aromatic rings. The maximum absolute atomic E-state index is 11.6. The number of aliphatic hydroxyl groups excluding tert-OH is 1. The minimum absolute atomic E-state index is 0.133. The van der Waals surface area contributed by atoms with E-state index in [0.29, 0.717) is 6.42 Å². The van der Waals surface area contributed by atoms with Crippen molar-refractivity contribution in [3.8, 4) is 0 Å². The number of rotatable bonds is 5. The van der Waals surface area contributed by atoms with Crippen LogP contribution in [0.15, 0.2) is 30.3 Å². The number of carbonyl (C=O) groups is 1. The molecule has 88 valence electrons. The van der Waals surface area contributed by atoms with Gasteiger partial charge in [0, 0.05) is 0 Å². The Labute approximate surface area is 95.5 Å². The highest BCUT2D eigenvalue weighted by atomic mass is 16.3. The van der Waals surface area contributed by atoms with E-state index in [-0.39, 0.29) is 18.6 Å². The number of hydrogen-bond acceptors (Lipinski definition) is 3. The average Bonchev–Trinajstić information content (AvgIpc) is 2.35. The highest BCUT2D eigenvalue weighted by Gasteiger charge is 2.17. The Kier molecular flexibility index (Phi) is 4.95. The van der Waals surface area contributed by atoms with E-state index in [9.17, 15) is 9.90 Å². The summed E-state index contributed by atoms with van der Waals surface area (Å²) in [6.07, 6.45) is 0.582. The van der Waals surface area contributed by atoms with Crippen LogP contribution in [-0.2, 0) is 4.79 Å². The van der Waals surface area contributed by atoms with Crippen LogP contribution in [-0.4, -0.2) is 23.7 Å². The molecule has 0 fully saturated rings. The van der Waals surface area contributed by atoms with Crippen LogP contribution in [0.2, 0.25) is 0 Å². The van der Waals surface area contributed by atoms with E-state index in [2.05, 4.69) is 5.32 Å². The first-order valence-electron chi connectivity index (χ1n) is 5.40. The Balaban J connectivity index is 2.66. The Hall–Kier alpha value is -1.39. The first kappa shape index (κ1) is 12.7. The lowest BCUT2D eigenvalue weighted by Crippen LogP contribution is -2.42. The topological polar surface area (TPSA) is 75.4 Å². The highest BCUT2D eigenvalue weighted by Crippen LogP contribution is 2.11. The van der Waals surface area contributed by atoms with E-state index >= 15 is 0 Å². The standard InChI is InChI=1S/C12H18N2O2/c1-2-10(13)12(16)14-11(8-15)9-6-4-3-5-7-9/h3-7,10-11,15H,2,8,13H2,1H3,(H,14,16)/t10-,11?/m1/s1. The molecule has 0 radical (unpaired) electrons. The van der Waals surface area contributed by atoms with E-state index in [0.717, 1.165) is 5.56 Å². The molecule has 1 aromatic carbocycles. The number of nitrogens with two attached hydrogens (primary N) is 1. The number of benzene rings is 1. The van der Waals surface area contributed by atoms with E-state index in [1.54, 1.807) is 0 Å². The molecule has 0 aliphatic carbocycles. The van der Waals surface area contributed by atoms with Crippen LogP contribution in [0, 0.1) is 0 Å². The van der Waals surface area contributed by atoms with Crippen LogP contribution in [0.5, 0.6) is 0 Å². The maximum atomic E-state index is 11.6. The molecule has 0 spiro atoms. The summed E-state index contributed by atoms with van der Waals surface area (Å²) in [6.45, 7) is 1.72. The number of hydrogen-bond donors (Lipinski definition) is 3. The molecular formula is C12H18N2O2. The normalized spacial score (nSPS) is 14.2. The molecule has 1 amide bonds. The van der Waals surface area contributed by atoms with Crippen molar-refractivity contribution < 1.29 is 9.90 Å². The van der Waals surface area contributed by atoms with Crippen molar-refractivity contribution in [1.29, 1.82) is 0 Å². The first-order valence-corrected chi connectivity index (χ1v) is 5.40. The van der Waals surface area contributed by atoms with E-state index in [4.69, 9.17) is 5.73 Å². The molecule has 2 atom stereocenters. The largest absolute Gasteiger partial charge is 0.394 e. The van der Waals surface area contributed by atoms with Crippen molar-refractivity contribution in [1.82, 2.24) is 5.32 Å². The lowest BCUT2D eigenvalue weighted by atomic mass is 10.1. The summed E-state index contributed by atoms with van der Waals surface area (Å²) in [7, 11) is 0. The second kappa shape index (κ2) is 6.25. The van der Waals surface area contributed by atoms with Gasteiger partial charge in [0.1, 0.15) is 0 Å². The van der Waals surface area contributed by atoms with E-state index in [1.807, 2.05) is 37.3 Å². The van der Waals surface area contributed by atoms with Crippen LogP contribution in [0.4, 0.5) is 0 Å². The molecule has 0 saturated carbocycles. The predicted octanol–water partition coefficient (Wildman–Crippen LogP) is 0.573. The average molecular weight is 222 g/mol. The second-order valence-electron chi connectivity index (χ2n) is 3.67. The van der Waals surface area contributed by atoms with Gasteiger partial charge in [-0.05, 0) is 12.0 Å². The summed E-state index contributed by atoms with van der Waals surface area (Å²) >= 11 is 0. The minimum atomic E-state index is -0.516. The van der Waals surface area contributed by atoms with Gasteiger partial charge < -0.3 is 16.2 Å². The van der Waals surface area contributed by atoms with Crippen molar-refractivity contribution in [3.05, 3.63) is 35.9 Å². The van der Waals surface area contributed by atoms with Crippen molar-refractivity contribution in [2.75, 3.05) is 6.61 Å². The minimum Gasteiger partial charge on any atom is -0.394 e. The summed E-state index contributed by atoms with van der Waals surface area (Å²) < 4.78 is 0. The monoisotopic (exact) mass is 222 g/mol. The third-order valence-corrected chi connectivity index (χ3v) is 2.48. The van der Waals surface area contributed by atoms with Crippen molar-refractivity contribution >= 4 is 5.91 Å². The zero-order valence-corrected chi connectivity index (χ0v) is 9.39. The van der Waals surface area contributed by atoms with Gasteiger partial charge in [0.2, 0.25) is 5.91 Å². The SMILES string of the molecule is CC[C@@H](N)C(=O)NC(CO)c1ccccc1. The zero-order valence-electron chi connectivity index (χ0n) is 9.39. The van der Waals surface area contributed by atoms with Crippen LogP contribution in [0.1, 0.15) is 24.9 Å². The molecule has 1 unspecified atom stereocenters. The van der Waals surface area contributed by atoms with Gasteiger partial charge in [0.25, 0.3) is 0 Å². The van der Waals surface area contributed by atoms with Crippen molar-refractivity contribution in [2.45, 2.75) is 25.4 Å². The first-order chi connectivity index (χ1) is 7.69. The fourth-order valence-corrected chi connectivity index (χ4v) is 1.38. The molecule has 4 nitrogen and oxygen atoms in total. The summed E-state index contributed by atoms with van der Waals surface area (Å²) in [6, 6.07) is 8.44. The molecule has 0 aliphatic rings. The van der Waals surface area contributed by atoms with Gasteiger partial charge in [-0.15, -0.1) is 0 Å². The summed E-state index contributed by atoms with van der Waals surface area (Å²) in [5.41, 5.74) is 6.48.